The zero-order valence-corrected chi connectivity index (χ0v) is 20.8. The summed E-state index contributed by atoms with van der Waals surface area (Å²) in [6.07, 6.45) is 8.85. The molecule has 0 radical (unpaired) electrons. The first kappa shape index (κ1) is 23.4. The highest BCUT2D eigenvalue weighted by Gasteiger charge is 2.39. The van der Waals surface area contributed by atoms with Crippen molar-refractivity contribution in [2.75, 3.05) is 11.4 Å². The van der Waals surface area contributed by atoms with Gasteiger partial charge in [-0.3, -0.25) is 14.5 Å². The van der Waals surface area contributed by atoms with Gasteiger partial charge >= 0.3 is 0 Å². The fourth-order valence-corrected chi connectivity index (χ4v) is 5.29. The molecule has 2 heterocycles. The number of anilines is 1. The Morgan fingerprint density at radius 2 is 1.74 bits per heavy atom. The highest BCUT2D eigenvalue weighted by Crippen LogP contribution is 2.42. The number of carbonyl (C=O) groups excluding carboxylic acids is 2. The maximum Gasteiger partial charge on any atom is 0.247 e. The Morgan fingerprint density at radius 1 is 0.943 bits per heavy atom. The summed E-state index contributed by atoms with van der Waals surface area (Å²) in [6, 6.07) is 20.6. The predicted octanol–water partition coefficient (Wildman–Crippen LogP) is 6.18. The average Bonchev–Trinajstić information content (AvgIpc) is 3.59. The van der Waals surface area contributed by atoms with Crippen LogP contribution in [0.3, 0.4) is 0 Å². The van der Waals surface area contributed by atoms with Gasteiger partial charge in [0.1, 0.15) is 12.6 Å². The summed E-state index contributed by atoms with van der Waals surface area (Å²) < 4.78 is 2.18. The van der Waals surface area contributed by atoms with Crippen LogP contribution in [-0.4, -0.2) is 33.9 Å². The fourth-order valence-electron chi connectivity index (χ4n) is 5.29. The first-order valence-electron chi connectivity index (χ1n) is 13.0. The van der Waals surface area contributed by atoms with Crippen molar-refractivity contribution in [3.05, 3.63) is 83.7 Å². The summed E-state index contributed by atoms with van der Waals surface area (Å²) in [7, 11) is 0. The largest absolute Gasteiger partial charge is 0.330 e. The lowest BCUT2D eigenvalue weighted by Gasteiger charge is -2.39. The molecule has 1 atom stereocenters. The second kappa shape index (κ2) is 10.1. The van der Waals surface area contributed by atoms with E-state index in [-0.39, 0.29) is 30.4 Å². The van der Waals surface area contributed by atoms with Gasteiger partial charge < -0.3 is 9.47 Å². The third kappa shape index (κ3) is 4.77. The molecular weight excluding hydrogens is 434 g/mol. The molecule has 2 aromatic carbocycles. The molecule has 5 heteroatoms. The number of rotatable bonds is 9. The van der Waals surface area contributed by atoms with E-state index in [9.17, 15) is 9.59 Å². The molecule has 3 aromatic rings. The number of aryl methyl sites for hydroxylation is 1. The predicted molar refractivity (Wildman–Crippen MR) is 140 cm³/mol. The third-order valence-electron chi connectivity index (χ3n) is 7.20. The zero-order valence-electron chi connectivity index (χ0n) is 20.8. The fraction of sp³-hybridized carbons (Fsp3) is 0.400. The van der Waals surface area contributed by atoms with Crippen molar-refractivity contribution >= 4 is 17.5 Å². The molecular formula is C30H35N3O2. The Hall–Kier alpha value is -3.34. The van der Waals surface area contributed by atoms with Gasteiger partial charge in [0.25, 0.3) is 0 Å². The standard InChI is InChI=1S/C30H35N3O2/c1-3-4-5-6-16-28(34)32(24-17-18-24)21-29(35)33-26-14-8-7-13-25(26)31-19-10-15-27(31)30(33)23-12-9-11-22(2)20-23/h7-15,19-20,24,30H,3-6,16-18,21H2,1-2H3. The summed E-state index contributed by atoms with van der Waals surface area (Å²) in [6.45, 7) is 4.39. The van der Waals surface area contributed by atoms with Gasteiger partial charge in [-0.15, -0.1) is 0 Å². The molecule has 2 aliphatic rings. The first-order chi connectivity index (χ1) is 17.1. The van der Waals surface area contributed by atoms with E-state index in [0.717, 1.165) is 66.7 Å². The number of para-hydroxylation sites is 2. The molecule has 1 fully saturated rings. The van der Waals surface area contributed by atoms with Gasteiger partial charge in [-0.05, 0) is 56.0 Å². The lowest BCUT2D eigenvalue weighted by Crippen LogP contribution is -2.47. The maximum absolute atomic E-state index is 14.1. The second-order valence-corrected chi connectivity index (χ2v) is 9.94. The van der Waals surface area contributed by atoms with Gasteiger partial charge in [0.15, 0.2) is 0 Å². The molecule has 0 spiro atoms. The van der Waals surface area contributed by atoms with Gasteiger partial charge in [0, 0.05) is 18.7 Å². The summed E-state index contributed by atoms with van der Waals surface area (Å²) in [5.74, 6) is 0.0999. The molecule has 0 N–H and O–H groups in total. The monoisotopic (exact) mass is 469 g/mol. The van der Waals surface area contributed by atoms with Crippen molar-refractivity contribution in [1.82, 2.24) is 9.47 Å². The highest BCUT2D eigenvalue weighted by molar-refractivity contribution is 6.00. The molecule has 182 valence electrons. The summed E-state index contributed by atoms with van der Waals surface area (Å²) in [5, 5.41) is 0. The molecule has 5 rings (SSSR count). The minimum Gasteiger partial charge on any atom is -0.330 e. The van der Waals surface area contributed by atoms with Crippen molar-refractivity contribution in [1.29, 1.82) is 0 Å². The van der Waals surface area contributed by atoms with Crippen molar-refractivity contribution < 1.29 is 9.59 Å². The van der Waals surface area contributed by atoms with E-state index in [0.29, 0.717) is 6.42 Å². The number of benzene rings is 2. The molecule has 1 aliphatic heterocycles. The van der Waals surface area contributed by atoms with Crippen LogP contribution in [0.1, 0.15) is 74.7 Å². The van der Waals surface area contributed by atoms with Crippen molar-refractivity contribution in [3.63, 3.8) is 0 Å². The molecule has 0 saturated heterocycles. The van der Waals surface area contributed by atoms with E-state index in [1.165, 1.54) is 0 Å². The first-order valence-corrected chi connectivity index (χ1v) is 13.0. The Kier molecular flexibility index (Phi) is 6.76. The summed E-state index contributed by atoms with van der Waals surface area (Å²) >= 11 is 0. The van der Waals surface area contributed by atoms with Gasteiger partial charge in [-0.25, -0.2) is 0 Å². The quantitative estimate of drug-likeness (QED) is 0.351. The molecule has 5 nitrogen and oxygen atoms in total. The minimum atomic E-state index is -0.243. The molecule has 35 heavy (non-hydrogen) atoms. The van der Waals surface area contributed by atoms with Gasteiger partial charge in [-0.2, -0.15) is 0 Å². The van der Waals surface area contributed by atoms with Crippen LogP contribution < -0.4 is 4.90 Å². The van der Waals surface area contributed by atoms with E-state index < -0.39 is 0 Å². The van der Waals surface area contributed by atoms with Crippen LogP contribution in [0.15, 0.2) is 66.9 Å². The average molecular weight is 470 g/mol. The van der Waals surface area contributed by atoms with Crippen LogP contribution in [0.5, 0.6) is 0 Å². The molecule has 1 aromatic heterocycles. The second-order valence-electron chi connectivity index (χ2n) is 9.94. The molecule has 0 bridgehead atoms. The van der Waals surface area contributed by atoms with Crippen LogP contribution in [0, 0.1) is 6.92 Å². The number of fused-ring (bicyclic) bond motifs is 3. The van der Waals surface area contributed by atoms with Crippen LogP contribution in [0.25, 0.3) is 5.69 Å². The van der Waals surface area contributed by atoms with E-state index in [1.54, 1.807) is 0 Å². The number of hydrogen-bond acceptors (Lipinski definition) is 2. The minimum absolute atomic E-state index is 0.0229. The number of amides is 2. The summed E-state index contributed by atoms with van der Waals surface area (Å²) in [5.41, 5.74) is 5.18. The highest BCUT2D eigenvalue weighted by atomic mass is 16.2. The van der Waals surface area contributed by atoms with E-state index in [2.05, 4.69) is 61.0 Å². The van der Waals surface area contributed by atoms with Crippen molar-refractivity contribution in [3.8, 4) is 5.69 Å². The lowest BCUT2D eigenvalue weighted by molar-refractivity contribution is -0.136. The molecule has 1 aliphatic carbocycles. The van der Waals surface area contributed by atoms with E-state index in [4.69, 9.17) is 0 Å². The normalized spacial score (nSPS) is 16.5. The SMILES string of the molecule is CCCCCCC(=O)N(CC(=O)N1c2ccccc2-n2cccc2C1c1cccc(C)c1)C1CC1. The topological polar surface area (TPSA) is 45.6 Å². The molecule has 2 amide bonds. The Labute approximate surface area is 208 Å². The zero-order chi connectivity index (χ0) is 24.4. The third-order valence-corrected chi connectivity index (χ3v) is 7.20. The number of nitrogens with zero attached hydrogens (tertiary/aromatic N) is 3. The van der Waals surface area contributed by atoms with Crippen LogP contribution >= 0.6 is 0 Å². The van der Waals surface area contributed by atoms with E-state index >= 15 is 0 Å². The molecule has 1 unspecified atom stereocenters. The number of unbranched alkanes of at least 4 members (excludes halogenated alkanes) is 3. The van der Waals surface area contributed by atoms with Crippen LogP contribution in [0.2, 0.25) is 0 Å². The Bertz CT molecular complexity index is 1210. The van der Waals surface area contributed by atoms with Gasteiger partial charge in [-0.1, -0.05) is 68.1 Å². The van der Waals surface area contributed by atoms with Gasteiger partial charge in [0.05, 0.1) is 17.1 Å². The lowest BCUT2D eigenvalue weighted by atomic mass is 9.96. The number of hydrogen-bond donors (Lipinski definition) is 0. The number of aromatic nitrogens is 1. The van der Waals surface area contributed by atoms with Crippen molar-refractivity contribution in [2.45, 2.75) is 70.9 Å². The smallest absolute Gasteiger partial charge is 0.247 e. The van der Waals surface area contributed by atoms with Crippen molar-refractivity contribution in [2.24, 2.45) is 0 Å². The van der Waals surface area contributed by atoms with E-state index in [1.807, 2.05) is 34.1 Å². The Morgan fingerprint density at radius 3 is 2.49 bits per heavy atom. The van der Waals surface area contributed by atoms with Crippen LogP contribution in [-0.2, 0) is 9.59 Å². The maximum atomic E-state index is 14.1. The Balaban J connectivity index is 1.48. The summed E-state index contributed by atoms with van der Waals surface area (Å²) in [4.78, 5) is 31.1. The number of carbonyl (C=O) groups is 2. The van der Waals surface area contributed by atoms with Crippen LogP contribution in [0.4, 0.5) is 5.69 Å². The molecule has 1 saturated carbocycles. The van der Waals surface area contributed by atoms with Gasteiger partial charge in [0.2, 0.25) is 11.8 Å².